The molecule has 0 bridgehead atoms. The van der Waals surface area contributed by atoms with Gasteiger partial charge in [0.05, 0.1) is 6.26 Å². The van der Waals surface area contributed by atoms with Crippen LogP contribution in [0.15, 0.2) is 27.8 Å². The van der Waals surface area contributed by atoms with Gasteiger partial charge in [-0.1, -0.05) is 12.8 Å². The maximum absolute atomic E-state index is 5.42. The van der Waals surface area contributed by atoms with Crippen LogP contribution in [-0.4, -0.2) is 48.6 Å². The maximum Gasteiger partial charge on any atom is 0.191 e. The topological polar surface area (TPSA) is 52.8 Å². The van der Waals surface area contributed by atoms with Crippen molar-refractivity contribution in [2.24, 2.45) is 4.99 Å². The standard InChI is InChI=1S/C20H32N4O.HI/c1-2-5-16(4-1)22-20(21-12-9-19-6-3-15-25-19)23-17-10-13-24(14-11-17)18-7-8-18;/h3,6,15-18H,1-2,4-5,7-14H2,(H2,21,22,23);1H. The number of hydrogen-bond acceptors (Lipinski definition) is 3. The van der Waals surface area contributed by atoms with Crippen molar-refractivity contribution in [3.05, 3.63) is 24.2 Å². The van der Waals surface area contributed by atoms with Crippen LogP contribution in [0.25, 0.3) is 0 Å². The first-order valence-corrected chi connectivity index (χ1v) is 10.2. The summed E-state index contributed by atoms with van der Waals surface area (Å²) in [6.45, 7) is 3.26. The van der Waals surface area contributed by atoms with Crippen molar-refractivity contribution in [3.63, 3.8) is 0 Å². The van der Waals surface area contributed by atoms with E-state index in [2.05, 4.69) is 15.5 Å². The van der Waals surface area contributed by atoms with Crippen LogP contribution in [0.2, 0.25) is 0 Å². The first kappa shape index (κ1) is 20.0. The second-order valence-corrected chi connectivity index (χ2v) is 7.87. The summed E-state index contributed by atoms with van der Waals surface area (Å²) in [5.74, 6) is 2.03. The first-order chi connectivity index (χ1) is 12.4. The Hall–Kier alpha value is -0.760. The van der Waals surface area contributed by atoms with Gasteiger partial charge in [-0.05, 0) is 50.7 Å². The van der Waals surface area contributed by atoms with E-state index in [9.17, 15) is 0 Å². The number of aliphatic imine (C=N–C) groups is 1. The van der Waals surface area contributed by atoms with Gasteiger partial charge in [0.15, 0.2) is 5.96 Å². The minimum Gasteiger partial charge on any atom is -0.469 e. The van der Waals surface area contributed by atoms with Crippen LogP contribution < -0.4 is 10.6 Å². The maximum atomic E-state index is 5.42. The van der Waals surface area contributed by atoms with Crippen molar-refractivity contribution >= 4 is 29.9 Å². The van der Waals surface area contributed by atoms with Gasteiger partial charge in [0.25, 0.3) is 0 Å². The molecule has 2 aliphatic carbocycles. The van der Waals surface area contributed by atoms with Crippen molar-refractivity contribution < 1.29 is 4.42 Å². The molecular formula is C20H33IN4O. The third kappa shape index (κ3) is 5.87. The zero-order valence-electron chi connectivity index (χ0n) is 15.7. The Morgan fingerprint density at radius 1 is 1.04 bits per heavy atom. The molecular weight excluding hydrogens is 439 g/mol. The van der Waals surface area contributed by atoms with E-state index in [1.807, 2.05) is 12.1 Å². The average molecular weight is 472 g/mol. The van der Waals surface area contributed by atoms with E-state index in [0.29, 0.717) is 12.1 Å². The number of piperidine rings is 1. The van der Waals surface area contributed by atoms with E-state index < -0.39 is 0 Å². The van der Waals surface area contributed by atoms with E-state index in [1.54, 1.807) is 6.26 Å². The van der Waals surface area contributed by atoms with Gasteiger partial charge in [0.1, 0.15) is 5.76 Å². The lowest BCUT2D eigenvalue weighted by Crippen LogP contribution is -2.50. The molecule has 0 amide bonds. The number of rotatable bonds is 6. The van der Waals surface area contributed by atoms with Crippen LogP contribution >= 0.6 is 24.0 Å². The number of halogens is 1. The molecule has 0 aromatic carbocycles. The Morgan fingerprint density at radius 3 is 2.35 bits per heavy atom. The molecule has 3 fully saturated rings. The SMILES string of the molecule is I.c1coc(CCN=C(NC2CCCC2)NC2CCN(C3CC3)CC2)c1. The zero-order valence-corrected chi connectivity index (χ0v) is 18.0. The molecule has 0 atom stereocenters. The van der Waals surface area contributed by atoms with Gasteiger partial charge in [0.2, 0.25) is 0 Å². The average Bonchev–Trinajstić information content (AvgIpc) is 3.11. The Kier molecular flexibility index (Phi) is 7.66. The molecule has 1 saturated heterocycles. The van der Waals surface area contributed by atoms with Gasteiger partial charge in [-0.2, -0.15) is 0 Å². The molecule has 1 aliphatic heterocycles. The third-order valence-electron chi connectivity index (χ3n) is 5.84. The molecule has 26 heavy (non-hydrogen) atoms. The van der Waals surface area contributed by atoms with Crippen molar-refractivity contribution in [1.82, 2.24) is 15.5 Å². The van der Waals surface area contributed by atoms with Crippen molar-refractivity contribution in [3.8, 4) is 0 Å². The Balaban J connectivity index is 0.00000196. The molecule has 2 saturated carbocycles. The van der Waals surface area contributed by atoms with Gasteiger partial charge >= 0.3 is 0 Å². The Labute approximate surface area is 174 Å². The summed E-state index contributed by atoms with van der Waals surface area (Å²) >= 11 is 0. The molecule has 3 aliphatic rings. The molecule has 0 radical (unpaired) electrons. The smallest absolute Gasteiger partial charge is 0.191 e. The minimum absolute atomic E-state index is 0. The predicted molar refractivity (Wildman–Crippen MR) is 116 cm³/mol. The Bertz CT molecular complexity index is 544. The predicted octanol–water partition coefficient (Wildman–Crippen LogP) is 3.54. The fourth-order valence-electron chi connectivity index (χ4n) is 4.17. The number of nitrogens with one attached hydrogen (secondary N) is 2. The van der Waals surface area contributed by atoms with Crippen LogP contribution in [0.5, 0.6) is 0 Å². The lowest BCUT2D eigenvalue weighted by atomic mass is 10.1. The highest BCUT2D eigenvalue weighted by molar-refractivity contribution is 14.0. The molecule has 1 aromatic heterocycles. The van der Waals surface area contributed by atoms with E-state index >= 15 is 0 Å². The lowest BCUT2D eigenvalue weighted by molar-refractivity contribution is 0.197. The van der Waals surface area contributed by atoms with Crippen LogP contribution in [-0.2, 0) is 6.42 Å². The van der Waals surface area contributed by atoms with Gasteiger partial charge in [-0.15, -0.1) is 24.0 Å². The minimum atomic E-state index is 0. The van der Waals surface area contributed by atoms with Gasteiger partial charge < -0.3 is 20.0 Å². The molecule has 0 unspecified atom stereocenters. The first-order valence-electron chi connectivity index (χ1n) is 10.2. The van der Waals surface area contributed by atoms with Crippen LogP contribution in [0.3, 0.4) is 0 Å². The number of hydrogen-bond donors (Lipinski definition) is 2. The highest BCUT2D eigenvalue weighted by atomic mass is 127. The highest BCUT2D eigenvalue weighted by Crippen LogP contribution is 2.29. The van der Waals surface area contributed by atoms with Crippen molar-refractivity contribution in [2.45, 2.75) is 75.9 Å². The fraction of sp³-hybridized carbons (Fsp3) is 0.750. The number of likely N-dealkylation sites (tertiary alicyclic amines) is 1. The van der Waals surface area contributed by atoms with Crippen LogP contribution in [0, 0.1) is 0 Å². The molecule has 6 heteroatoms. The molecule has 4 rings (SSSR count). The van der Waals surface area contributed by atoms with E-state index in [4.69, 9.17) is 9.41 Å². The zero-order chi connectivity index (χ0) is 16.9. The Morgan fingerprint density at radius 2 is 1.73 bits per heavy atom. The molecule has 146 valence electrons. The molecule has 2 N–H and O–H groups in total. The van der Waals surface area contributed by atoms with E-state index in [1.165, 1.54) is 64.5 Å². The number of guanidine groups is 1. The number of furan rings is 1. The number of nitrogens with zero attached hydrogens (tertiary/aromatic N) is 2. The van der Waals surface area contributed by atoms with Crippen molar-refractivity contribution in [2.75, 3.05) is 19.6 Å². The summed E-state index contributed by atoms with van der Waals surface area (Å²) < 4.78 is 5.42. The van der Waals surface area contributed by atoms with Gasteiger partial charge in [-0.3, -0.25) is 4.99 Å². The lowest BCUT2D eigenvalue weighted by Gasteiger charge is -2.33. The summed E-state index contributed by atoms with van der Waals surface area (Å²) in [4.78, 5) is 7.52. The van der Waals surface area contributed by atoms with Crippen LogP contribution in [0.4, 0.5) is 0 Å². The highest BCUT2D eigenvalue weighted by Gasteiger charge is 2.32. The van der Waals surface area contributed by atoms with E-state index in [0.717, 1.165) is 30.7 Å². The molecule has 5 nitrogen and oxygen atoms in total. The third-order valence-corrected chi connectivity index (χ3v) is 5.84. The quantitative estimate of drug-likeness (QED) is 0.378. The second-order valence-electron chi connectivity index (χ2n) is 7.87. The second kappa shape index (κ2) is 9.97. The fourth-order valence-corrected chi connectivity index (χ4v) is 4.17. The summed E-state index contributed by atoms with van der Waals surface area (Å²) in [7, 11) is 0. The monoisotopic (exact) mass is 472 g/mol. The summed E-state index contributed by atoms with van der Waals surface area (Å²) in [5.41, 5.74) is 0. The van der Waals surface area contributed by atoms with Gasteiger partial charge in [-0.25, -0.2) is 0 Å². The van der Waals surface area contributed by atoms with Crippen molar-refractivity contribution in [1.29, 1.82) is 0 Å². The molecule has 2 heterocycles. The van der Waals surface area contributed by atoms with Crippen LogP contribution in [0.1, 0.15) is 57.1 Å². The largest absolute Gasteiger partial charge is 0.469 e. The van der Waals surface area contributed by atoms with E-state index in [-0.39, 0.29) is 24.0 Å². The summed E-state index contributed by atoms with van der Waals surface area (Å²) in [5, 5.41) is 7.41. The summed E-state index contributed by atoms with van der Waals surface area (Å²) in [6, 6.07) is 6.04. The molecule has 1 aromatic rings. The van der Waals surface area contributed by atoms with Gasteiger partial charge in [0, 0.05) is 44.2 Å². The normalized spacial score (nSPS) is 23.0. The molecule has 0 spiro atoms. The summed E-state index contributed by atoms with van der Waals surface area (Å²) in [6.07, 6.45) is 13.2.